The average molecular weight is 453 g/mol. The quantitative estimate of drug-likeness (QED) is 0.725. The minimum Gasteiger partial charge on any atom is -0.486 e. The van der Waals surface area contributed by atoms with E-state index >= 15 is 0 Å². The fourth-order valence-electron chi connectivity index (χ4n) is 3.35. The molecular formula is C21H25ClN2O5S. The smallest absolute Gasteiger partial charge is 0.244 e. The van der Waals surface area contributed by atoms with Crippen molar-refractivity contribution in [3.8, 4) is 11.5 Å². The van der Waals surface area contributed by atoms with Crippen molar-refractivity contribution >= 4 is 33.2 Å². The van der Waals surface area contributed by atoms with Crippen LogP contribution < -0.4 is 19.1 Å². The molecule has 0 radical (unpaired) electrons. The first-order valence-corrected chi connectivity index (χ1v) is 11.8. The molecule has 2 aromatic carbocycles. The zero-order chi connectivity index (χ0) is 22.1. The predicted octanol–water partition coefficient (Wildman–Crippen LogP) is 3.45. The fourth-order valence-corrected chi connectivity index (χ4v) is 4.74. The van der Waals surface area contributed by atoms with E-state index < -0.39 is 22.0 Å². The molecule has 30 heavy (non-hydrogen) atoms. The third kappa shape index (κ3) is 4.82. The number of carbonyl (C=O) groups is 1. The second-order valence-electron chi connectivity index (χ2n) is 7.30. The number of hydrogen-bond acceptors (Lipinski definition) is 5. The van der Waals surface area contributed by atoms with E-state index in [1.165, 1.54) is 0 Å². The fraction of sp³-hybridized carbons (Fsp3) is 0.381. The summed E-state index contributed by atoms with van der Waals surface area (Å²) in [6.07, 6.45) is 1.07. The molecule has 1 amide bonds. The molecular weight excluding hydrogens is 428 g/mol. The molecule has 0 aromatic heterocycles. The Labute approximate surface area is 182 Å². The number of fused-ring (bicyclic) bond motifs is 1. The van der Waals surface area contributed by atoms with Crippen molar-refractivity contribution in [2.75, 3.05) is 23.8 Å². The van der Waals surface area contributed by atoms with Gasteiger partial charge in [0.05, 0.1) is 18.0 Å². The van der Waals surface area contributed by atoms with Crippen molar-refractivity contribution in [3.63, 3.8) is 0 Å². The van der Waals surface area contributed by atoms with Crippen LogP contribution in [0.3, 0.4) is 0 Å². The van der Waals surface area contributed by atoms with Crippen molar-refractivity contribution in [3.05, 3.63) is 52.5 Å². The van der Waals surface area contributed by atoms with Crippen LogP contribution in [0.4, 0.5) is 5.69 Å². The Morgan fingerprint density at radius 1 is 1.10 bits per heavy atom. The molecule has 9 heteroatoms. The van der Waals surface area contributed by atoms with Gasteiger partial charge in [0.1, 0.15) is 19.3 Å². The molecule has 0 aliphatic carbocycles. The number of rotatable bonds is 6. The van der Waals surface area contributed by atoms with E-state index in [4.69, 9.17) is 21.1 Å². The molecule has 1 aliphatic heterocycles. The molecule has 1 aliphatic rings. The SMILES string of the molecule is Cc1ccc(Cl)cc1N([C@@H](C)C(=O)N[C@H](C)c1ccc2c(c1)OCCO2)S(C)(=O)=O. The van der Waals surface area contributed by atoms with Crippen LogP contribution >= 0.6 is 11.6 Å². The predicted molar refractivity (Wildman–Crippen MR) is 117 cm³/mol. The molecule has 0 saturated heterocycles. The first kappa shape index (κ1) is 22.2. The van der Waals surface area contributed by atoms with Gasteiger partial charge in [-0.1, -0.05) is 23.7 Å². The molecule has 0 fully saturated rings. The van der Waals surface area contributed by atoms with Crippen molar-refractivity contribution in [1.82, 2.24) is 5.32 Å². The number of anilines is 1. The van der Waals surface area contributed by atoms with Crippen LogP contribution in [0.2, 0.25) is 5.02 Å². The normalized spacial score (nSPS) is 15.2. The molecule has 2 atom stereocenters. The molecule has 1 N–H and O–H groups in total. The van der Waals surface area contributed by atoms with E-state index in [-0.39, 0.29) is 6.04 Å². The third-order valence-corrected chi connectivity index (χ3v) is 6.38. The van der Waals surface area contributed by atoms with E-state index in [2.05, 4.69) is 5.32 Å². The Hall–Kier alpha value is -2.45. The lowest BCUT2D eigenvalue weighted by atomic mass is 10.1. The van der Waals surface area contributed by atoms with Crippen LogP contribution in [0.15, 0.2) is 36.4 Å². The first-order chi connectivity index (χ1) is 14.1. The first-order valence-electron chi connectivity index (χ1n) is 9.53. The van der Waals surface area contributed by atoms with Gasteiger partial charge in [-0.2, -0.15) is 0 Å². The van der Waals surface area contributed by atoms with Crippen molar-refractivity contribution < 1.29 is 22.7 Å². The summed E-state index contributed by atoms with van der Waals surface area (Å²) >= 11 is 6.07. The summed E-state index contributed by atoms with van der Waals surface area (Å²) in [5.41, 5.74) is 1.90. The van der Waals surface area contributed by atoms with Gasteiger partial charge in [-0.25, -0.2) is 8.42 Å². The highest BCUT2D eigenvalue weighted by molar-refractivity contribution is 7.92. The second-order valence-corrected chi connectivity index (χ2v) is 9.59. The maximum Gasteiger partial charge on any atom is 0.244 e. The lowest BCUT2D eigenvalue weighted by Gasteiger charge is -2.30. The number of nitrogens with zero attached hydrogens (tertiary/aromatic N) is 1. The lowest BCUT2D eigenvalue weighted by molar-refractivity contribution is -0.122. The Kier molecular flexibility index (Phi) is 6.47. The van der Waals surface area contributed by atoms with Crippen LogP contribution in [0, 0.1) is 6.92 Å². The summed E-state index contributed by atoms with van der Waals surface area (Å²) < 4.78 is 37.3. The number of ether oxygens (including phenoxy) is 2. The molecule has 7 nitrogen and oxygen atoms in total. The minimum atomic E-state index is -3.74. The molecule has 162 valence electrons. The van der Waals surface area contributed by atoms with Gasteiger partial charge in [0.25, 0.3) is 0 Å². The number of benzene rings is 2. The number of aryl methyl sites for hydroxylation is 1. The number of halogens is 1. The lowest BCUT2D eigenvalue weighted by Crippen LogP contribution is -2.48. The molecule has 0 unspecified atom stereocenters. The van der Waals surface area contributed by atoms with Gasteiger partial charge >= 0.3 is 0 Å². The van der Waals surface area contributed by atoms with Gasteiger partial charge < -0.3 is 14.8 Å². The Balaban J connectivity index is 1.83. The highest BCUT2D eigenvalue weighted by Crippen LogP contribution is 2.33. The van der Waals surface area contributed by atoms with E-state index in [0.29, 0.717) is 41.0 Å². The standard InChI is InChI=1S/C21H25ClN2O5S/c1-13-5-7-17(22)12-18(13)24(30(4,26)27)15(3)21(25)23-14(2)16-6-8-19-20(11-16)29-10-9-28-19/h5-8,11-12,14-15H,9-10H2,1-4H3,(H,23,25)/t14-,15+/m1/s1. The van der Waals surface area contributed by atoms with Gasteiger partial charge in [0, 0.05) is 5.02 Å². The van der Waals surface area contributed by atoms with Gasteiger partial charge in [-0.15, -0.1) is 0 Å². The van der Waals surface area contributed by atoms with Crippen LogP contribution in [0.1, 0.15) is 31.0 Å². The molecule has 0 bridgehead atoms. The molecule has 3 rings (SSSR count). The summed E-state index contributed by atoms with van der Waals surface area (Å²) in [7, 11) is -3.74. The summed E-state index contributed by atoms with van der Waals surface area (Å²) in [6, 6.07) is 9.07. The monoisotopic (exact) mass is 452 g/mol. The summed E-state index contributed by atoms with van der Waals surface area (Å²) in [4.78, 5) is 13.0. The Morgan fingerprint density at radius 3 is 2.43 bits per heavy atom. The van der Waals surface area contributed by atoms with Gasteiger partial charge in [-0.05, 0) is 56.2 Å². The zero-order valence-corrected chi connectivity index (χ0v) is 18.9. The van der Waals surface area contributed by atoms with Crippen LogP contribution in [0.5, 0.6) is 11.5 Å². The van der Waals surface area contributed by atoms with Gasteiger partial charge in [0.15, 0.2) is 11.5 Å². The van der Waals surface area contributed by atoms with Crippen LogP contribution in [-0.4, -0.2) is 39.8 Å². The van der Waals surface area contributed by atoms with Crippen molar-refractivity contribution in [2.45, 2.75) is 32.9 Å². The minimum absolute atomic E-state index is 0.363. The van der Waals surface area contributed by atoms with Gasteiger partial charge in [-0.3, -0.25) is 9.10 Å². The van der Waals surface area contributed by atoms with E-state index in [1.54, 1.807) is 38.1 Å². The number of amides is 1. The number of carbonyl (C=O) groups excluding carboxylic acids is 1. The zero-order valence-electron chi connectivity index (χ0n) is 17.3. The highest BCUT2D eigenvalue weighted by Gasteiger charge is 2.31. The summed E-state index contributed by atoms with van der Waals surface area (Å²) in [5.74, 6) is 0.860. The molecule has 0 saturated carbocycles. The molecule has 1 heterocycles. The van der Waals surface area contributed by atoms with E-state index in [9.17, 15) is 13.2 Å². The van der Waals surface area contributed by atoms with Crippen LogP contribution in [-0.2, 0) is 14.8 Å². The van der Waals surface area contributed by atoms with Crippen LogP contribution in [0.25, 0.3) is 0 Å². The summed E-state index contributed by atoms with van der Waals surface area (Å²) in [5, 5.41) is 3.28. The third-order valence-electron chi connectivity index (χ3n) is 4.92. The second kappa shape index (κ2) is 8.73. The van der Waals surface area contributed by atoms with E-state index in [1.807, 2.05) is 19.1 Å². The molecule has 2 aromatic rings. The Morgan fingerprint density at radius 2 is 1.77 bits per heavy atom. The highest BCUT2D eigenvalue weighted by atomic mass is 35.5. The molecule has 0 spiro atoms. The topological polar surface area (TPSA) is 84.9 Å². The summed E-state index contributed by atoms with van der Waals surface area (Å²) in [6.45, 7) is 6.11. The number of hydrogen-bond donors (Lipinski definition) is 1. The van der Waals surface area contributed by atoms with Gasteiger partial charge in [0.2, 0.25) is 15.9 Å². The largest absolute Gasteiger partial charge is 0.486 e. The van der Waals surface area contributed by atoms with Crippen molar-refractivity contribution in [2.24, 2.45) is 0 Å². The maximum atomic E-state index is 13.0. The average Bonchev–Trinajstić information content (AvgIpc) is 2.69. The Bertz CT molecular complexity index is 1060. The number of sulfonamides is 1. The number of nitrogens with one attached hydrogen (secondary N) is 1. The maximum absolute atomic E-state index is 13.0. The van der Waals surface area contributed by atoms with E-state index in [0.717, 1.165) is 16.1 Å². The van der Waals surface area contributed by atoms with Crippen molar-refractivity contribution in [1.29, 1.82) is 0 Å².